The van der Waals surface area contributed by atoms with Gasteiger partial charge in [0.05, 0.1) is 22.2 Å². The molecule has 1 aromatic heterocycles. The van der Waals surface area contributed by atoms with E-state index >= 15 is 0 Å². The molecule has 206 valence electrons. The van der Waals surface area contributed by atoms with Gasteiger partial charge in [-0.3, -0.25) is 19.2 Å². The molecule has 0 radical (unpaired) electrons. The second-order valence-corrected chi connectivity index (χ2v) is 11.0. The minimum Gasteiger partial charge on any atom is -0.391 e. The van der Waals surface area contributed by atoms with Crippen molar-refractivity contribution in [2.24, 2.45) is 5.92 Å². The molecule has 2 aromatic rings. The summed E-state index contributed by atoms with van der Waals surface area (Å²) < 4.78 is 0. The summed E-state index contributed by atoms with van der Waals surface area (Å²) in [6.45, 7) is 8.97. The summed E-state index contributed by atoms with van der Waals surface area (Å²) >= 11 is 1.57. The molecule has 2 unspecified atom stereocenters. The van der Waals surface area contributed by atoms with Crippen molar-refractivity contribution >= 4 is 35.0 Å². The molecule has 1 aliphatic rings. The number of nitrogens with one attached hydrogen (secondary N) is 3. The lowest BCUT2D eigenvalue weighted by Gasteiger charge is -2.28. The predicted octanol–water partition coefficient (Wildman–Crippen LogP) is 1.75. The van der Waals surface area contributed by atoms with Crippen molar-refractivity contribution in [1.29, 1.82) is 0 Å². The van der Waals surface area contributed by atoms with Crippen LogP contribution in [-0.4, -0.2) is 69.4 Å². The van der Waals surface area contributed by atoms with E-state index in [9.17, 15) is 24.3 Å². The Morgan fingerprint density at radius 1 is 1.13 bits per heavy atom. The van der Waals surface area contributed by atoms with Crippen molar-refractivity contribution in [3.63, 3.8) is 0 Å². The van der Waals surface area contributed by atoms with Crippen LogP contribution in [0, 0.1) is 12.8 Å². The molecule has 1 aliphatic heterocycles. The number of benzene rings is 1. The number of carbonyl (C=O) groups is 4. The van der Waals surface area contributed by atoms with Crippen molar-refractivity contribution in [2.75, 3.05) is 6.54 Å². The first-order valence-corrected chi connectivity index (χ1v) is 13.7. The normalized spacial score (nSPS) is 18.7. The van der Waals surface area contributed by atoms with Crippen LogP contribution in [-0.2, 0) is 25.7 Å². The number of rotatable bonds is 10. The Morgan fingerprint density at radius 2 is 1.82 bits per heavy atom. The number of thiazole rings is 1. The number of amides is 4. The van der Waals surface area contributed by atoms with Gasteiger partial charge in [-0.25, -0.2) is 4.98 Å². The fraction of sp³-hybridized carbons (Fsp3) is 0.519. The number of aryl methyl sites for hydroxylation is 1. The Bertz CT molecular complexity index is 1150. The fourth-order valence-electron chi connectivity index (χ4n) is 4.54. The van der Waals surface area contributed by atoms with Crippen molar-refractivity contribution in [3.05, 3.63) is 41.0 Å². The number of hydrogen-bond acceptors (Lipinski definition) is 7. The molecule has 11 heteroatoms. The highest BCUT2D eigenvalue weighted by molar-refractivity contribution is 7.13. The standard InChI is InChI=1S/C27H37N5O5S/c1-15(2)10-22(31-18(5)33)25(35)30-17(4)27(37)32-13-21(34)11-23(32)26(36)28-12-19-6-8-20(9-7-19)24-16(3)29-14-38-24/h6-9,14-15,17,21-23,34H,10-13H2,1-5H3,(H,28,36)(H,30,35)(H,31,33)/t17-,21+,22?,23?/m0/s1. The maximum Gasteiger partial charge on any atom is 0.245 e. The van der Waals surface area contributed by atoms with Crippen LogP contribution >= 0.6 is 11.3 Å². The van der Waals surface area contributed by atoms with Gasteiger partial charge in [-0.05, 0) is 37.3 Å². The highest BCUT2D eigenvalue weighted by atomic mass is 32.1. The van der Waals surface area contributed by atoms with Crippen molar-refractivity contribution in [3.8, 4) is 10.4 Å². The van der Waals surface area contributed by atoms with Gasteiger partial charge in [0.2, 0.25) is 23.6 Å². The minimum absolute atomic E-state index is 0.00114. The molecule has 4 atom stereocenters. The number of aromatic nitrogens is 1. The third kappa shape index (κ3) is 7.61. The van der Waals surface area contributed by atoms with Gasteiger partial charge in [0.1, 0.15) is 18.1 Å². The smallest absolute Gasteiger partial charge is 0.245 e. The maximum atomic E-state index is 13.2. The van der Waals surface area contributed by atoms with Gasteiger partial charge >= 0.3 is 0 Å². The molecule has 0 bridgehead atoms. The molecule has 1 fully saturated rings. The van der Waals surface area contributed by atoms with Gasteiger partial charge < -0.3 is 26.0 Å². The number of β-amino-alcohol motifs (C(OH)–C–C–N with tert-alkyl or cyclic N) is 1. The lowest BCUT2D eigenvalue weighted by molar-refractivity contribution is -0.141. The summed E-state index contributed by atoms with van der Waals surface area (Å²) in [5, 5.41) is 18.4. The lowest BCUT2D eigenvalue weighted by atomic mass is 10.0. The largest absolute Gasteiger partial charge is 0.391 e. The van der Waals surface area contributed by atoms with Crippen LogP contribution in [0.25, 0.3) is 10.4 Å². The lowest BCUT2D eigenvalue weighted by Crippen LogP contribution is -2.55. The average molecular weight is 544 g/mol. The van der Waals surface area contributed by atoms with Crippen LogP contribution in [0.4, 0.5) is 0 Å². The number of aliphatic hydroxyl groups is 1. The van der Waals surface area contributed by atoms with E-state index in [1.807, 2.05) is 45.0 Å². The molecular weight excluding hydrogens is 506 g/mol. The molecule has 4 N–H and O–H groups in total. The number of hydrogen-bond donors (Lipinski definition) is 4. The van der Waals surface area contributed by atoms with Gasteiger partial charge in [0, 0.05) is 26.4 Å². The van der Waals surface area contributed by atoms with Crippen LogP contribution in [0.1, 0.15) is 51.8 Å². The maximum absolute atomic E-state index is 13.2. The zero-order valence-corrected chi connectivity index (χ0v) is 23.3. The van der Waals surface area contributed by atoms with E-state index in [1.165, 1.54) is 18.7 Å². The Kier molecular flexibility index (Phi) is 9.98. The first-order chi connectivity index (χ1) is 18.0. The second kappa shape index (κ2) is 13.0. The van der Waals surface area contributed by atoms with Crippen molar-refractivity contribution < 1.29 is 24.3 Å². The van der Waals surface area contributed by atoms with Crippen LogP contribution in [0.2, 0.25) is 0 Å². The third-order valence-electron chi connectivity index (χ3n) is 6.42. The van der Waals surface area contributed by atoms with Crippen LogP contribution in [0.15, 0.2) is 29.8 Å². The summed E-state index contributed by atoms with van der Waals surface area (Å²) in [5.74, 6) is -1.49. The van der Waals surface area contributed by atoms with E-state index in [2.05, 4.69) is 20.9 Å². The Balaban J connectivity index is 1.59. The SMILES string of the molecule is CC(=O)NC(CC(C)C)C(=O)N[C@@H](C)C(=O)N1C[C@H](O)CC1C(=O)NCc1ccc(-c2scnc2C)cc1. The molecule has 1 saturated heterocycles. The highest BCUT2D eigenvalue weighted by Crippen LogP contribution is 2.27. The summed E-state index contributed by atoms with van der Waals surface area (Å²) in [6, 6.07) is 5.27. The van der Waals surface area contributed by atoms with Crippen LogP contribution in [0.3, 0.4) is 0 Å². The monoisotopic (exact) mass is 543 g/mol. The highest BCUT2D eigenvalue weighted by Gasteiger charge is 2.40. The summed E-state index contributed by atoms with van der Waals surface area (Å²) in [6.07, 6.45) is -0.304. The molecule has 0 saturated carbocycles. The Labute approximate surface area is 227 Å². The van der Waals surface area contributed by atoms with Crippen LogP contribution < -0.4 is 16.0 Å². The molecule has 1 aromatic carbocycles. The van der Waals surface area contributed by atoms with Gasteiger partial charge in [-0.1, -0.05) is 38.1 Å². The number of likely N-dealkylation sites (tertiary alicyclic amines) is 1. The topological polar surface area (TPSA) is 141 Å². The molecule has 3 rings (SSSR count). The molecule has 38 heavy (non-hydrogen) atoms. The molecule has 10 nitrogen and oxygen atoms in total. The minimum atomic E-state index is -0.936. The van der Waals surface area contributed by atoms with Gasteiger partial charge in [0.15, 0.2) is 0 Å². The van der Waals surface area contributed by atoms with Gasteiger partial charge in [-0.2, -0.15) is 0 Å². The Hall–Kier alpha value is -3.31. The quantitative estimate of drug-likeness (QED) is 0.360. The van der Waals surface area contributed by atoms with Crippen molar-refractivity contribution in [2.45, 2.75) is 78.2 Å². The van der Waals surface area contributed by atoms with E-state index in [4.69, 9.17) is 0 Å². The first kappa shape index (κ1) is 29.2. The van der Waals surface area contributed by atoms with E-state index in [0.29, 0.717) is 6.42 Å². The van der Waals surface area contributed by atoms with Crippen molar-refractivity contribution in [1.82, 2.24) is 25.8 Å². The molecule has 4 amide bonds. The van der Waals surface area contributed by atoms with Gasteiger partial charge in [0.25, 0.3) is 0 Å². The third-order valence-corrected chi connectivity index (χ3v) is 7.40. The second-order valence-electron chi connectivity index (χ2n) is 10.2. The molecule has 0 spiro atoms. The number of nitrogens with zero attached hydrogens (tertiary/aromatic N) is 2. The van der Waals surface area contributed by atoms with E-state index in [0.717, 1.165) is 21.7 Å². The Morgan fingerprint density at radius 3 is 2.39 bits per heavy atom. The summed E-state index contributed by atoms with van der Waals surface area (Å²) in [5.41, 5.74) is 4.73. The zero-order valence-electron chi connectivity index (χ0n) is 22.5. The average Bonchev–Trinajstić information content (AvgIpc) is 3.46. The number of carbonyl (C=O) groups excluding carboxylic acids is 4. The molecule has 0 aliphatic carbocycles. The van der Waals surface area contributed by atoms with E-state index in [1.54, 1.807) is 16.8 Å². The summed E-state index contributed by atoms with van der Waals surface area (Å²) in [4.78, 5) is 57.2. The predicted molar refractivity (Wildman–Crippen MR) is 145 cm³/mol. The number of aliphatic hydroxyl groups excluding tert-OH is 1. The summed E-state index contributed by atoms with van der Waals surface area (Å²) in [7, 11) is 0. The van der Waals surface area contributed by atoms with E-state index in [-0.39, 0.29) is 37.2 Å². The first-order valence-electron chi connectivity index (χ1n) is 12.8. The molecular formula is C27H37N5O5S. The van der Waals surface area contributed by atoms with Crippen LogP contribution in [0.5, 0.6) is 0 Å². The molecule has 2 heterocycles. The van der Waals surface area contributed by atoms with Gasteiger partial charge in [-0.15, -0.1) is 11.3 Å². The zero-order chi connectivity index (χ0) is 28.0. The fourth-order valence-corrected chi connectivity index (χ4v) is 5.35. The van der Waals surface area contributed by atoms with E-state index < -0.39 is 36.0 Å².